The molecule has 0 amide bonds. The zero-order valence-electron chi connectivity index (χ0n) is 43.9. The maximum absolute atomic E-state index is 6.86. The van der Waals surface area contributed by atoms with Crippen LogP contribution in [0.5, 0.6) is 11.5 Å². The van der Waals surface area contributed by atoms with Crippen molar-refractivity contribution in [2.45, 2.75) is 91.9 Å². The Kier molecular flexibility index (Phi) is 11.8. The molecule has 0 aliphatic carbocycles. The molecule has 8 aromatic carbocycles. The number of ether oxygens (including phenoxy) is 1. The number of pyridine rings is 1. The van der Waals surface area contributed by atoms with E-state index in [4.69, 9.17) is 9.72 Å². The third-order valence-electron chi connectivity index (χ3n) is 14.5. The number of rotatable bonds is 9. The summed E-state index contributed by atoms with van der Waals surface area (Å²) in [5.41, 5.74) is 18.4. The van der Waals surface area contributed by atoms with E-state index in [2.05, 4.69) is 271 Å². The summed E-state index contributed by atoms with van der Waals surface area (Å²) in [5.74, 6) is 2.35. The summed E-state index contributed by atoms with van der Waals surface area (Å²) >= 11 is 0. The second kappa shape index (κ2) is 18.2. The lowest BCUT2D eigenvalue weighted by Crippen LogP contribution is -2.31. The van der Waals surface area contributed by atoms with Gasteiger partial charge in [0.2, 0.25) is 0 Å². The Labute approximate surface area is 431 Å². The van der Waals surface area contributed by atoms with Crippen LogP contribution in [0.3, 0.4) is 0 Å². The van der Waals surface area contributed by atoms with Crippen molar-refractivity contribution in [2.24, 2.45) is 0 Å². The second-order valence-corrected chi connectivity index (χ2v) is 22.6. The summed E-state index contributed by atoms with van der Waals surface area (Å²) in [6, 6.07) is 67.8. The fourth-order valence-electron chi connectivity index (χ4n) is 10.3. The number of hydrogen-bond donors (Lipinski definition) is 0. The van der Waals surface area contributed by atoms with Crippen molar-refractivity contribution >= 4 is 32.8 Å². The van der Waals surface area contributed by atoms with Crippen LogP contribution in [-0.4, -0.2) is 14.1 Å². The minimum absolute atomic E-state index is 0.0395. The monoisotopic (exact) mass is 953 g/mol. The van der Waals surface area contributed by atoms with Crippen molar-refractivity contribution in [1.82, 2.24) is 14.1 Å². The quantitative estimate of drug-likeness (QED) is 0.107. The van der Waals surface area contributed by atoms with Gasteiger partial charge >= 0.3 is 0 Å². The van der Waals surface area contributed by atoms with Gasteiger partial charge in [-0.1, -0.05) is 209 Å². The molecule has 0 spiro atoms. The van der Waals surface area contributed by atoms with Crippen LogP contribution in [0.25, 0.3) is 83.4 Å². The molecule has 0 fully saturated rings. The summed E-state index contributed by atoms with van der Waals surface area (Å²) in [4.78, 5) is 5.17. The number of imidazole rings is 1. The van der Waals surface area contributed by atoms with Crippen LogP contribution in [-0.2, 0) is 22.7 Å². The second-order valence-electron chi connectivity index (χ2n) is 22.6. The van der Waals surface area contributed by atoms with Gasteiger partial charge in [0.05, 0.1) is 33.4 Å². The highest BCUT2D eigenvalue weighted by atomic mass is 16.5. The largest absolute Gasteiger partial charge is 0.458 e. The van der Waals surface area contributed by atoms with Gasteiger partial charge in [-0.15, -0.1) is 0 Å². The van der Waals surface area contributed by atoms with E-state index < -0.39 is 0 Å². The van der Waals surface area contributed by atoms with Gasteiger partial charge in [0, 0.05) is 28.6 Å². The van der Waals surface area contributed by atoms with Gasteiger partial charge in [0.15, 0.2) is 0 Å². The Hall–Kier alpha value is -8.02. The standard InChI is InChI=1S/C68H64N4O/c1-11-45-39-64(69-43-59(45)47-31-33-49(34-32-47)66(2,3)4)72-60-28-16-15-25-57(60)58-36-35-54(42-63(58)72)73-53-24-19-23-52(41-53)70-44-71(62-30-18-17-29-61(62)70)65-55(46-21-13-12-14-22-46)26-20-27-56(65)48-37-50(67(5,6)7)40-51(38-48)68(8,9)10/h12-43H,11H2,1-10H3. The molecule has 0 saturated heterocycles. The first-order valence-corrected chi connectivity index (χ1v) is 25.8. The van der Waals surface area contributed by atoms with Gasteiger partial charge in [-0.05, 0) is 115 Å². The van der Waals surface area contributed by atoms with Crippen LogP contribution in [0.2, 0.25) is 0 Å². The Bertz CT molecular complexity index is 3820. The molecule has 5 nitrogen and oxygen atoms in total. The number of aryl methyl sites for hydroxylation is 1. The molecule has 0 bridgehead atoms. The predicted octanol–water partition coefficient (Wildman–Crippen LogP) is 17.4. The molecule has 0 saturated carbocycles. The number of para-hydroxylation sites is 4. The number of hydrogen-bond acceptors (Lipinski definition) is 2. The number of nitrogens with zero attached hydrogens (tertiary/aromatic N) is 4. The highest BCUT2D eigenvalue weighted by molar-refractivity contribution is 6.09. The minimum atomic E-state index is -0.0395. The summed E-state index contributed by atoms with van der Waals surface area (Å²) in [5, 5.41) is 2.32. The fourth-order valence-corrected chi connectivity index (χ4v) is 10.3. The van der Waals surface area contributed by atoms with Crippen molar-refractivity contribution in [2.75, 3.05) is 0 Å². The maximum Gasteiger partial charge on any atom is 0.269 e. The average Bonchev–Trinajstić information content (AvgIpc) is 3.94. The van der Waals surface area contributed by atoms with E-state index in [1.807, 2.05) is 12.3 Å². The molecule has 0 atom stereocenters. The lowest BCUT2D eigenvalue weighted by molar-refractivity contribution is -0.571. The average molecular weight is 953 g/mol. The zero-order chi connectivity index (χ0) is 50.8. The van der Waals surface area contributed by atoms with E-state index in [0.29, 0.717) is 0 Å². The van der Waals surface area contributed by atoms with Crippen molar-refractivity contribution < 1.29 is 9.30 Å². The van der Waals surface area contributed by atoms with Crippen LogP contribution < -0.4 is 9.30 Å². The first-order valence-electron chi connectivity index (χ1n) is 25.8. The van der Waals surface area contributed by atoms with Crippen LogP contribution >= 0.6 is 0 Å². The highest BCUT2D eigenvalue weighted by Gasteiger charge is 2.25. The maximum atomic E-state index is 6.86. The van der Waals surface area contributed by atoms with Crippen LogP contribution in [0.4, 0.5) is 0 Å². The Balaban J connectivity index is 1.00. The van der Waals surface area contributed by atoms with E-state index in [-0.39, 0.29) is 16.2 Å². The molecule has 3 heterocycles. The van der Waals surface area contributed by atoms with Crippen molar-refractivity contribution in [3.05, 3.63) is 223 Å². The molecular formula is C68H64N4O. The van der Waals surface area contributed by atoms with Crippen molar-refractivity contribution in [1.29, 1.82) is 0 Å². The van der Waals surface area contributed by atoms with Crippen LogP contribution in [0.1, 0.15) is 91.5 Å². The summed E-state index contributed by atoms with van der Waals surface area (Å²) < 4.78 is 13.6. The normalized spacial score (nSPS) is 12.3. The van der Waals surface area contributed by atoms with Gasteiger partial charge in [0.25, 0.3) is 6.33 Å². The molecule has 362 valence electrons. The van der Waals surface area contributed by atoms with Gasteiger partial charge in [-0.2, -0.15) is 0 Å². The van der Waals surface area contributed by atoms with E-state index in [9.17, 15) is 0 Å². The fraction of sp³-hybridized carbons (Fsp3) is 0.206. The Morgan fingerprint density at radius 2 is 1.08 bits per heavy atom. The van der Waals surface area contributed by atoms with Gasteiger partial charge in [-0.25, -0.2) is 4.98 Å². The van der Waals surface area contributed by atoms with E-state index in [1.54, 1.807) is 0 Å². The molecular weight excluding hydrogens is 889 g/mol. The van der Waals surface area contributed by atoms with Crippen molar-refractivity contribution in [3.63, 3.8) is 0 Å². The molecule has 0 aliphatic heterocycles. The zero-order valence-corrected chi connectivity index (χ0v) is 43.9. The van der Waals surface area contributed by atoms with Crippen LogP contribution in [0, 0.1) is 6.33 Å². The smallest absolute Gasteiger partial charge is 0.269 e. The molecule has 0 radical (unpaired) electrons. The molecule has 11 rings (SSSR count). The Morgan fingerprint density at radius 1 is 0.479 bits per heavy atom. The molecule has 11 aromatic rings. The molecule has 3 aromatic heterocycles. The molecule has 0 unspecified atom stereocenters. The number of aromatic nitrogens is 4. The predicted molar refractivity (Wildman–Crippen MR) is 304 cm³/mol. The third-order valence-corrected chi connectivity index (χ3v) is 14.5. The first kappa shape index (κ1) is 47.3. The highest BCUT2D eigenvalue weighted by Crippen LogP contribution is 2.40. The molecule has 5 heteroatoms. The van der Waals surface area contributed by atoms with E-state index in [0.717, 1.165) is 84.8 Å². The lowest BCUT2D eigenvalue weighted by Gasteiger charge is -2.27. The number of benzene rings is 8. The summed E-state index contributed by atoms with van der Waals surface area (Å²) in [7, 11) is 0. The minimum Gasteiger partial charge on any atom is -0.458 e. The Morgan fingerprint density at radius 3 is 1.78 bits per heavy atom. The molecule has 73 heavy (non-hydrogen) atoms. The first-order chi connectivity index (χ1) is 35.0. The van der Waals surface area contributed by atoms with Gasteiger partial charge < -0.3 is 4.74 Å². The third kappa shape index (κ3) is 8.92. The lowest BCUT2D eigenvalue weighted by atomic mass is 9.78. The summed E-state index contributed by atoms with van der Waals surface area (Å²) in [6.45, 7) is 22.8. The van der Waals surface area contributed by atoms with Crippen molar-refractivity contribution in [3.8, 4) is 62.1 Å². The van der Waals surface area contributed by atoms with E-state index in [1.165, 1.54) is 38.8 Å². The van der Waals surface area contributed by atoms with E-state index >= 15 is 0 Å². The molecule has 0 N–H and O–H groups in total. The van der Waals surface area contributed by atoms with Gasteiger partial charge in [0.1, 0.15) is 17.3 Å². The van der Waals surface area contributed by atoms with Gasteiger partial charge in [-0.3, -0.25) is 13.7 Å². The summed E-state index contributed by atoms with van der Waals surface area (Å²) in [6.07, 6.45) is 6.82. The topological polar surface area (TPSA) is 35.9 Å². The van der Waals surface area contributed by atoms with Crippen LogP contribution in [0.15, 0.2) is 194 Å². The molecule has 0 aliphatic rings. The SMILES string of the molecule is CCc1cc(-n2c3ccccc3c3ccc(Oc4cccc(-n5[c-][n+](-c6c(-c7ccccc7)cccc6-c6cc(C(C)(C)C)cc(C(C)(C)C)c6)c6ccccc65)c4)cc32)ncc1-c1ccc(C(C)(C)C)cc1. The number of fused-ring (bicyclic) bond motifs is 4.